The van der Waals surface area contributed by atoms with Crippen molar-refractivity contribution in [3.05, 3.63) is 224 Å². The largest absolute Gasteiger partial charge is 0.455 e. The predicted molar refractivity (Wildman–Crippen MR) is 261 cm³/mol. The van der Waals surface area contributed by atoms with Crippen LogP contribution >= 0.6 is 11.3 Å². The highest BCUT2D eigenvalue weighted by Crippen LogP contribution is 2.50. The Balaban J connectivity index is 1.03. The van der Waals surface area contributed by atoms with Gasteiger partial charge in [-0.15, -0.1) is 11.3 Å². The van der Waals surface area contributed by atoms with Gasteiger partial charge < -0.3 is 9.32 Å². The third-order valence-corrected chi connectivity index (χ3v) is 13.2. The monoisotopic (exact) mass is 795 g/mol. The maximum absolute atomic E-state index is 6.81. The molecule has 0 aliphatic heterocycles. The zero-order valence-corrected chi connectivity index (χ0v) is 33.9. The molecule has 0 saturated heterocycles. The van der Waals surface area contributed by atoms with E-state index in [0.717, 1.165) is 50.1 Å². The summed E-state index contributed by atoms with van der Waals surface area (Å²) in [6, 6.07) is 81.1. The van der Waals surface area contributed by atoms with E-state index in [-0.39, 0.29) is 0 Å². The lowest BCUT2D eigenvalue weighted by molar-refractivity contribution is 0.670. The van der Waals surface area contributed by atoms with Crippen LogP contribution in [0.15, 0.2) is 229 Å². The number of hydrogen-bond donors (Lipinski definition) is 0. The molecule has 2 aromatic heterocycles. The van der Waals surface area contributed by atoms with Crippen LogP contribution in [0.3, 0.4) is 0 Å². The molecule has 0 bridgehead atoms. The molecule has 2 nitrogen and oxygen atoms in total. The summed E-state index contributed by atoms with van der Waals surface area (Å²) >= 11 is 1.85. The molecule has 0 saturated carbocycles. The second-order valence-electron chi connectivity index (χ2n) is 15.7. The van der Waals surface area contributed by atoms with Gasteiger partial charge in [0.25, 0.3) is 0 Å². The molecule has 0 fully saturated rings. The first-order chi connectivity index (χ1) is 30.2. The minimum Gasteiger partial charge on any atom is -0.455 e. The highest BCUT2D eigenvalue weighted by molar-refractivity contribution is 7.26. The average Bonchev–Trinajstić information content (AvgIpc) is 3.92. The molecule has 0 aliphatic carbocycles. The Kier molecular flexibility index (Phi) is 8.39. The maximum Gasteiger partial charge on any atom is 0.145 e. The first-order valence-corrected chi connectivity index (χ1v) is 21.6. The number of fused-ring (bicyclic) bond motifs is 7. The maximum atomic E-state index is 6.81. The Hall–Kier alpha value is -7.72. The van der Waals surface area contributed by atoms with Crippen LogP contribution in [0.4, 0.5) is 17.1 Å². The molecule has 0 N–H and O–H groups in total. The van der Waals surface area contributed by atoms with Gasteiger partial charge in [-0.2, -0.15) is 0 Å². The van der Waals surface area contributed by atoms with Crippen molar-refractivity contribution in [3.8, 4) is 44.5 Å². The predicted octanol–water partition coefficient (Wildman–Crippen LogP) is 17.2. The molecule has 3 heteroatoms. The number of hydrogen-bond acceptors (Lipinski definition) is 3. The number of furan rings is 1. The molecule has 2 heterocycles. The Labute approximate surface area is 357 Å². The summed E-state index contributed by atoms with van der Waals surface area (Å²) in [6.45, 7) is 0. The summed E-state index contributed by atoms with van der Waals surface area (Å²) < 4.78 is 9.33. The van der Waals surface area contributed by atoms with Crippen molar-refractivity contribution in [2.75, 3.05) is 4.90 Å². The Morgan fingerprint density at radius 3 is 1.72 bits per heavy atom. The fraction of sp³-hybridized carbons (Fsp3) is 0. The lowest BCUT2D eigenvalue weighted by Gasteiger charge is -2.28. The highest BCUT2D eigenvalue weighted by atomic mass is 32.1. The number of para-hydroxylation sites is 1. The van der Waals surface area contributed by atoms with E-state index >= 15 is 0 Å². The molecule has 0 unspecified atom stereocenters. The Morgan fingerprint density at radius 2 is 0.934 bits per heavy atom. The number of thiophene rings is 1. The molecule has 12 rings (SSSR count). The molecule has 286 valence electrons. The number of anilines is 3. The lowest BCUT2D eigenvalue weighted by Crippen LogP contribution is -2.11. The second-order valence-corrected chi connectivity index (χ2v) is 16.7. The van der Waals surface area contributed by atoms with Crippen LogP contribution in [0, 0.1) is 0 Å². The van der Waals surface area contributed by atoms with Crippen LogP contribution in [0.1, 0.15) is 0 Å². The average molecular weight is 796 g/mol. The van der Waals surface area contributed by atoms with Crippen LogP contribution in [-0.4, -0.2) is 0 Å². The van der Waals surface area contributed by atoms with Crippen molar-refractivity contribution < 1.29 is 4.42 Å². The van der Waals surface area contributed by atoms with Crippen LogP contribution in [0.2, 0.25) is 0 Å². The van der Waals surface area contributed by atoms with Gasteiger partial charge in [0, 0.05) is 36.8 Å². The van der Waals surface area contributed by atoms with Gasteiger partial charge in [-0.1, -0.05) is 170 Å². The summed E-state index contributed by atoms with van der Waals surface area (Å²) in [4.78, 5) is 2.45. The molecule has 61 heavy (non-hydrogen) atoms. The van der Waals surface area contributed by atoms with Gasteiger partial charge >= 0.3 is 0 Å². The molecular weight excluding hydrogens is 759 g/mol. The van der Waals surface area contributed by atoms with Gasteiger partial charge in [-0.25, -0.2) is 0 Å². The van der Waals surface area contributed by atoms with Crippen LogP contribution in [0.25, 0.3) is 97.4 Å². The summed E-state index contributed by atoms with van der Waals surface area (Å²) in [5, 5.41) is 7.18. The van der Waals surface area contributed by atoms with Gasteiger partial charge in [0.15, 0.2) is 0 Å². The van der Waals surface area contributed by atoms with E-state index in [1.165, 1.54) is 64.3 Å². The zero-order valence-electron chi connectivity index (χ0n) is 33.1. The Bertz CT molecular complexity index is 3570. The summed E-state index contributed by atoms with van der Waals surface area (Å²) in [7, 11) is 0. The third-order valence-electron chi connectivity index (χ3n) is 12.1. The van der Waals surface area contributed by atoms with E-state index in [4.69, 9.17) is 4.42 Å². The SMILES string of the molecule is c1ccc(-c2ccc3c(c2)sc2cccc(N(c4ccc(-c5ccc(-c6ccc7ccccc7c6)cc5)cc4)c4ccc(-c5ccccc5)c5oc6ccccc6c45)c23)cc1. The standard InChI is InChI=1S/C58H37NOS/c1-3-12-38(13-4-1)46-30-33-50-55(37-46)61-54-21-11-19-51(56(50)54)59(52-35-34-48(43-15-5-2-6-16-43)58-57(52)49-18-9-10-20-53(49)60-58)47-31-28-41(29-32-47)40-22-24-42(25-23-40)45-27-26-39-14-7-8-17-44(39)36-45/h1-37H. The number of benzene rings is 10. The molecule has 0 spiro atoms. The molecular formula is C58H37NOS. The summed E-state index contributed by atoms with van der Waals surface area (Å²) in [5.41, 5.74) is 14.4. The molecule has 0 amide bonds. The van der Waals surface area contributed by atoms with E-state index in [1.54, 1.807) is 0 Å². The zero-order chi connectivity index (χ0) is 40.3. The quantitative estimate of drug-likeness (QED) is 0.160. The minimum atomic E-state index is 0.872. The summed E-state index contributed by atoms with van der Waals surface area (Å²) in [6.07, 6.45) is 0. The highest BCUT2D eigenvalue weighted by Gasteiger charge is 2.24. The fourth-order valence-corrected chi connectivity index (χ4v) is 10.2. The van der Waals surface area contributed by atoms with Crippen LogP contribution in [0.5, 0.6) is 0 Å². The first kappa shape index (κ1) is 35.2. The first-order valence-electron chi connectivity index (χ1n) is 20.7. The van der Waals surface area contributed by atoms with Crippen LogP contribution in [-0.2, 0) is 0 Å². The van der Waals surface area contributed by atoms with E-state index in [1.807, 2.05) is 11.3 Å². The molecule has 0 aliphatic rings. The van der Waals surface area contributed by atoms with E-state index < -0.39 is 0 Å². The normalized spacial score (nSPS) is 11.6. The van der Waals surface area contributed by atoms with Crippen molar-refractivity contribution >= 4 is 81.3 Å². The number of rotatable bonds is 7. The minimum absolute atomic E-state index is 0.872. The van der Waals surface area contributed by atoms with Gasteiger partial charge in [-0.05, 0) is 104 Å². The fourth-order valence-electron chi connectivity index (χ4n) is 9.08. The van der Waals surface area contributed by atoms with Gasteiger partial charge in [-0.3, -0.25) is 0 Å². The molecule has 12 aromatic rings. The second kappa shape index (κ2) is 14.5. The van der Waals surface area contributed by atoms with Gasteiger partial charge in [0.05, 0.1) is 16.8 Å². The number of nitrogens with zero attached hydrogens (tertiary/aromatic N) is 1. The molecule has 0 atom stereocenters. The van der Waals surface area contributed by atoms with Crippen LogP contribution < -0.4 is 4.90 Å². The van der Waals surface area contributed by atoms with E-state index in [0.29, 0.717) is 0 Å². The van der Waals surface area contributed by atoms with Crippen molar-refractivity contribution in [2.45, 2.75) is 0 Å². The van der Waals surface area contributed by atoms with E-state index in [2.05, 4.69) is 229 Å². The summed E-state index contributed by atoms with van der Waals surface area (Å²) in [5.74, 6) is 0. The van der Waals surface area contributed by atoms with Gasteiger partial charge in [0.2, 0.25) is 0 Å². The van der Waals surface area contributed by atoms with Crippen molar-refractivity contribution in [3.63, 3.8) is 0 Å². The Morgan fingerprint density at radius 1 is 0.344 bits per heavy atom. The lowest BCUT2D eigenvalue weighted by atomic mass is 9.97. The van der Waals surface area contributed by atoms with Crippen molar-refractivity contribution in [1.82, 2.24) is 0 Å². The van der Waals surface area contributed by atoms with E-state index in [9.17, 15) is 0 Å². The van der Waals surface area contributed by atoms with Gasteiger partial charge in [0.1, 0.15) is 11.2 Å². The topological polar surface area (TPSA) is 16.4 Å². The molecule has 10 aromatic carbocycles. The van der Waals surface area contributed by atoms with Crippen molar-refractivity contribution in [1.29, 1.82) is 0 Å². The van der Waals surface area contributed by atoms with Crippen molar-refractivity contribution in [2.24, 2.45) is 0 Å². The third kappa shape index (κ3) is 6.09. The molecule has 0 radical (unpaired) electrons. The smallest absolute Gasteiger partial charge is 0.145 e.